The summed E-state index contributed by atoms with van der Waals surface area (Å²) in [6, 6.07) is 10.6. The second-order valence-corrected chi connectivity index (χ2v) is 4.31. The molecule has 2 aromatic rings. The highest BCUT2D eigenvalue weighted by Crippen LogP contribution is 2.32. The smallest absolute Gasteiger partial charge is 0.156 e. The third-order valence-electron chi connectivity index (χ3n) is 2.24. The molecule has 0 spiro atoms. The molecule has 0 saturated carbocycles. The number of benzene rings is 1. The van der Waals surface area contributed by atoms with E-state index in [0.29, 0.717) is 21.5 Å². The molecular formula is C13H8Cl2N2O. The van der Waals surface area contributed by atoms with E-state index in [2.05, 4.69) is 4.98 Å². The van der Waals surface area contributed by atoms with Gasteiger partial charge in [0, 0.05) is 6.20 Å². The lowest BCUT2D eigenvalue weighted by molar-refractivity contribution is 0.306. The highest BCUT2D eigenvalue weighted by atomic mass is 35.5. The first kappa shape index (κ1) is 12.7. The molecule has 0 saturated heterocycles. The lowest BCUT2D eigenvalue weighted by Crippen LogP contribution is -1.97. The minimum atomic E-state index is 0.278. The van der Waals surface area contributed by atoms with Crippen LogP contribution in [0.2, 0.25) is 10.0 Å². The minimum Gasteiger partial charge on any atom is -0.486 e. The maximum Gasteiger partial charge on any atom is 0.156 e. The number of hydrogen-bond acceptors (Lipinski definition) is 3. The lowest BCUT2D eigenvalue weighted by Gasteiger charge is -2.09. The second kappa shape index (κ2) is 5.72. The van der Waals surface area contributed by atoms with Crippen molar-refractivity contribution in [1.82, 2.24) is 4.98 Å². The Bertz CT molecular complexity index is 588. The van der Waals surface area contributed by atoms with Crippen LogP contribution in [0.4, 0.5) is 0 Å². The number of aromatic nitrogens is 1. The van der Waals surface area contributed by atoms with Crippen LogP contribution in [0, 0.1) is 11.3 Å². The van der Waals surface area contributed by atoms with Gasteiger partial charge in [-0.25, -0.2) is 4.98 Å². The van der Waals surface area contributed by atoms with Crippen molar-refractivity contribution >= 4 is 23.2 Å². The first-order chi connectivity index (χ1) is 8.70. The van der Waals surface area contributed by atoms with Crippen molar-refractivity contribution in [3.05, 3.63) is 57.8 Å². The van der Waals surface area contributed by atoms with E-state index < -0.39 is 0 Å². The Balaban J connectivity index is 2.14. The normalized spacial score (nSPS) is 9.83. The molecule has 1 aromatic carbocycles. The van der Waals surface area contributed by atoms with Gasteiger partial charge in [0.05, 0.1) is 10.0 Å². The van der Waals surface area contributed by atoms with Gasteiger partial charge in [-0.2, -0.15) is 5.26 Å². The number of halogens is 2. The molecule has 2 rings (SSSR count). The summed E-state index contributed by atoms with van der Waals surface area (Å²) in [5, 5.41) is 9.65. The van der Waals surface area contributed by atoms with Crippen molar-refractivity contribution in [2.75, 3.05) is 0 Å². The largest absolute Gasteiger partial charge is 0.486 e. The fourth-order valence-electron chi connectivity index (χ4n) is 1.40. The van der Waals surface area contributed by atoms with Crippen LogP contribution in [0.15, 0.2) is 36.5 Å². The molecule has 0 unspecified atom stereocenters. The molecular weight excluding hydrogens is 271 g/mol. The predicted molar refractivity (Wildman–Crippen MR) is 69.7 cm³/mol. The molecule has 0 aliphatic carbocycles. The lowest BCUT2D eigenvalue weighted by atomic mass is 10.2. The molecule has 0 radical (unpaired) electrons. The summed E-state index contributed by atoms with van der Waals surface area (Å²) < 4.78 is 5.55. The Morgan fingerprint density at radius 2 is 1.94 bits per heavy atom. The van der Waals surface area contributed by atoms with Gasteiger partial charge in [0.2, 0.25) is 0 Å². The minimum absolute atomic E-state index is 0.278. The quantitative estimate of drug-likeness (QED) is 0.857. The molecule has 0 fully saturated rings. The summed E-state index contributed by atoms with van der Waals surface area (Å²) in [6.45, 7) is 0.278. The fraction of sp³-hybridized carbons (Fsp3) is 0.0769. The monoisotopic (exact) mass is 278 g/mol. The molecule has 0 N–H and O–H groups in total. The van der Waals surface area contributed by atoms with Crippen molar-refractivity contribution in [3.8, 4) is 11.8 Å². The van der Waals surface area contributed by atoms with Gasteiger partial charge in [0.1, 0.15) is 18.4 Å². The van der Waals surface area contributed by atoms with E-state index in [4.69, 9.17) is 33.2 Å². The SMILES string of the molecule is N#Cc1cc(COc2c(Cl)cccc2Cl)ccn1. The van der Waals surface area contributed by atoms with E-state index >= 15 is 0 Å². The van der Waals surface area contributed by atoms with Gasteiger partial charge < -0.3 is 4.74 Å². The van der Waals surface area contributed by atoms with Crippen LogP contribution >= 0.6 is 23.2 Å². The Hall–Kier alpha value is -1.76. The first-order valence-electron chi connectivity index (χ1n) is 5.12. The zero-order valence-corrected chi connectivity index (χ0v) is 10.7. The first-order valence-corrected chi connectivity index (χ1v) is 5.88. The van der Waals surface area contributed by atoms with Crippen LogP contribution in [0.1, 0.15) is 11.3 Å². The van der Waals surface area contributed by atoms with Crippen molar-refractivity contribution in [3.63, 3.8) is 0 Å². The Morgan fingerprint density at radius 1 is 1.22 bits per heavy atom. The van der Waals surface area contributed by atoms with Crippen LogP contribution in [0.5, 0.6) is 5.75 Å². The maximum absolute atomic E-state index is 8.74. The molecule has 0 aliphatic rings. The van der Waals surface area contributed by atoms with E-state index in [1.165, 1.54) is 0 Å². The topological polar surface area (TPSA) is 45.9 Å². The van der Waals surface area contributed by atoms with Crippen molar-refractivity contribution in [2.24, 2.45) is 0 Å². The molecule has 90 valence electrons. The van der Waals surface area contributed by atoms with Gasteiger partial charge in [0.15, 0.2) is 5.75 Å². The molecule has 1 aromatic heterocycles. The van der Waals surface area contributed by atoms with Gasteiger partial charge in [-0.3, -0.25) is 0 Å². The third-order valence-corrected chi connectivity index (χ3v) is 2.84. The maximum atomic E-state index is 8.74. The van der Waals surface area contributed by atoms with Crippen LogP contribution in [-0.4, -0.2) is 4.98 Å². The van der Waals surface area contributed by atoms with Crippen molar-refractivity contribution in [1.29, 1.82) is 5.26 Å². The molecule has 0 bridgehead atoms. The standard InChI is InChI=1S/C13H8Cl2N2O/c14-11-2-1-3-12(15)13(11)18-8-9-4-5-17-10(6-9)7-16/h1-6H,8H2. The zero-order chi connectivity index (χ0) is 13.0. The molecule has 3 nitrogen and oxygen atoms in total. The van der Waals surface area contributed by atoms with E-state index in [1.807, 2.05) is 6.07 Å². The predicted octanol–water partition coefficient (Wildman–Crippen LogP) is 3.84. The Morgan fingerprint density at radius 3 is 2.61 bits per heavy atom. The average Bonchev–Trinajstić information content (AvgIpc) is 2.38. The summed E-state index contributed by atoms with van der Waals surface area (Å²) in [5.41, 5.74) is 1.18. The number of para-hydroxylation sites is 1. The van der Waals surface area contributed by atoms with Crippen LogP contribution in [0.25, 0.3) is 0 Å². The highest BCUT2D eigenvalue weighted by molar-refractivity contribution is 6.37. The van der Waals surface area contributed by atoms with E-state index in [9.17, 15) is 0 Å². The fourth-order valence-corrected chi connectivity index (χ4v) is 1.91. The van der Waals surface area contributed by atoms with Crippen LogP contribution in [-0.2, 0) is 6.61 Å². The van der Waals surface area contributed by atoms with Gasteiger partial charge in [-0.15, -0.1) is 0 Å². The number of rotatable bonds is 3. The van der Waals surface area contributed by atoms with E-state index in [1.54, 1.807) is 36.5 Å². The van der Waals surface area contributed by atoms with Crippen molar-refractivity contribution < 1.29 is 4.74 Å². The van der Waals surface area contributed by atoms with Gasteiger partial charge >= 0.3 is 0 Å². The highest BCUT2D eigenvalue weighted by Gasteiger charge is 2.07. The van der Waals surface area contributed by atoms with Crippen LogP contribution in [0.3, 0.4) is 0 Å². The number of ether oxygens (including phenoxy) is 1. The summed E-state index contributed by atoms with van der Waals surface area (Å²) in [6.07, 6.45) is 1.56. The zero-order valence-electron chi connectivity index (χ0n) is 9.23. The number of hydrogen-bond donors (Lipinski definition) is 0. The van der Waals surface area contributed by atoms with Gasteiger partial charge in [-0.1, -0.05) is 29.3 Å². The molecule has 0 aliphatic heterocycles. The second-order valence-electron chi connectivity index (χ2n) is 3.50. The molecule has 18 heavy (non-hydrogen) atoms. The summed E-state index contributed by atoms with van der Waals surface area (Å²) >= 11 is 12.0. The van der Waals surface area contributed by atoms with Crippen LogP contribution < -0.4 is 4.74 Å². The third kappa shape index (κ3) is 2.92. The van der Waals surface area contributed by atoms with Gasteiger partial charge in [-0.05, 0) is 29.8 Å². The summed E-state index contributed by atoms with van der Waals surface area (Å²) in [5.74, 6) is 0.441. The summed E-state index contributed by atoms with van der Waals surface area (Å²) in [4.78, 5) is 3.88. The van der Waals surface area contributed by atoms with Gasteiger partial charge in [0.25, 0.3) is 0 Å². The van der Waals surface area contributed by atoms with Crippen molar-refractivity contribution in [2.45, 2.75) is 6.61 Å². The number of pyridine rings is 1. The molecule has 5 heteroatoms. The molecule has 0 amide bonds. The Labute approximate surface area is 115 Å². The Kier molecular flexibility index (Phi) is 4.03. The number of nitrogens with zero attached hydrogens (tertiary/aromatic N) is 2. The van der Waals surface area contributed by atoms with E-state index in [-0.39, 0.29) is 6.61 Å². The molecule has 1 heterocycles. The molecule has 0 atom stereocenters. The van der Waals surface area contributed by atoms with E-state index in [0.717, 1.165) is 5.56 Å². The average molecular weight is 279 g/mol. The number of nitriles is 1. The summed E-state index contributed by atoms with van der Waals surface area (Å²) in [7, 11) is 0.